The van der Waals surface area contributed by atoms with Gasteiger partial charge in [-0.15, -0.1) is 0 Å². The number of nitrogens with zero attached hydrogens (tertiary/aromatic N) is 1. The summed E-state index contributed by atoms with van der Waals surface area (Å²) in [4.78, 5) is 24.4. The minimum Gasteiger partial charge on any atom is -0.480 e. The molecule has 6 nitrogen and oxygen atoms in total. The number of hydrogen-bond donors (Lipinski definition) is 2. The Morgan fingerprint density at radius 2 is 2.05 bits per heavy atom. The molecule has 1 rings (SSSR count). The van der Waals surface area contributed by atoms with Gasteiger partial charge in [-0.2, -0.15) is 0 Å². The first-order chi connectivity index (χ1) is 8.69. The standard InChI is InChI=1S/C13H24N2O4/c1-9(11(16)17)14-10-6-5-7-15(8-10)12(18)19-13(2,3)4/h9-10,14H,5-8H2,1-4H3,(H,16,17). The van der Waals surface area contributed by atoms with Gasteiger partial charge in [0, 0.05) is 19.1 Å². The van der Waals surface area contributed by atoms with E-state index in [1.165, 1.54) is 0 Å². The van der Waals surface area contributed by atoms with Crippen molar-refractivity contribution in [2.45, 2.75) is 58.2 Å². The molecule has 6 heteroatoms. The zero-order valence-electron chi connectivity index (χ0n) is 12.1. The van der Waals surface area contributed by atoms with Gasteiger partial charge in [-0.05, 0) is 40.5 Å². The van der Waals surface area contributed by atoms with E-state index in [0.717, 1.165) is 12.8 Å². The van der Waals surface area contributed by atoms with Crippen molar-refractivity contribution in [1.82, 2.24) is 10.2 Å². The van der Waals surface area contributed by atoms with E-state index in [0.29, 0.717) is 13.1 Å². The maximum Gasteiger partial charge on any atom is 0.410 e. The van der Waals surface area contributed by atoms with Crippen LogP contribution in [0.15, 0.2) is 0 Å². The normalized spacial score (nSPS) is 21.9. The summed E-state index contributed by atoms with van der Waals surface area (Å²) in [5.74, 6) is -0.880. The van der Waals surface area contributed by atoms with Crippen LogP contribution in [0.2, 0.25) is 0 Å². The van der Waals surface area contributed by atoms with Crippen LogP contribution in [0.25, 0.3) is 0 Å². The summed E-state index contributed by atoms with van der Waals surface area (Å²) in [7, 11) is 0. The van der Waals surface area contributed by atoms with Crippen molar-refractivity contribution in [2.75, 3.05) is 13.1 Å². The number of carbonyl (C=O) groups is 2. The van der Waals surface area contributed by atoms with Gasteiger partial charge in [0.1, 0.15) is 11.6 Å². The lowest BCUT2D eigenvalue weighted by Crippen LogP contribution is -2.52. The predicted molar refractivity (Wildman–Crippen MR) is 71.1 cm³/mol. The molecular weight excluding hydrogens is 248 g/mol. The van der Waals surface area contributed by atoms with Gasteiger partial charge in [-0.3, -0.25) is 4.79 Å². The Balaban J connectivity index is 2.50. The summed E-state index contributed by atoms with van der Waals surface area (Å²) in [6, 6.07) is -0.601. The van der Waals surface area contributed by atoms with E-state index >= 15 is 0 Å². The zero-order chi connectivity index (χ0) is 14.6. The first kappa shape index (κ1) is 15.8. The third kappa shape index (κ3) is 5.46. The van der Waals surface area contributed by atoms with E-state index in [4.69, 9.17) is 9.84 Å². The van der Waals surface area contributed by atoms with Gasteiger partial charge >= 0.3 is 12.1 Å². The highest BCUT2D eigenvalue weighted by atomic mass is 16.6. The summed E-state index contributed by atoms with van der Waals surface area (Å²) in [6.07, 6.45) is 1.39. The molecule has 19 heavy (non-hydrogen) atoms. The molecule has 0 aromatic rings. The topological polar surface area (TPSA) is 78.9 Å². The lowest BCUT2D eigenvalue weighted by molar-refractivity contribution is -0.139. The number of carboxylic acid groups (broad SMARTS) is 1. The Bertz CT molecular complexity index is 338. The summed E-state index contributed by atoms with van der Waals surface area (Å²) in [5, 5.41) is 11.9. The minimum absolute atomic E-state index is 0.00682. The molecule has 2 atom stereocenters. The van der Waals surface area contributed by atoms with Crippen LogP contribution in [0, 0.1) is 0 Å². The van der Waals surface area contributed by atoms with Crippen molar-refractivity contribution < 1.29 is 19.4 Å². The van der Waals surface area contributed by atoms with Gasteiger partial charge in [0.2, 0.25) is 0 Å². The number of piperidine rings is 1. The quantitative estimate of drug-likeness (QED) is 0.813. The molecule has 0 spiro atoms. The van der Waals surface area contributed by atoms with E-state index < -0.39 is 17.6 Å². The van der Waals surface area contributed by atoms with E-state index in [1.807, 2.05) is 20.8 Å². The first-order valence-corrected chi connectivity index (χ1v) is 6.66. The average Bonchev–Trinajstić information content (AvgIpc) is 2.27. The fourth-order valence-corrected chi connectivity index (χ4v) is 2.03. The SMILES string of the molecule is CC(NC1CCCN(C(=O)OC(C)(C)C)C1)C(=O)O. The van der Waals surface area contributed by atoms with Crippen LogP contribution >= 0.6 is 0 Å². The van der Waals surface area contributed by atoms with Gasteiger partial charge < -0.3 is 20.1 Å². The molecule has 0 aromatic heterocycles. The third-order valence-electron chi connectivity index (χ3n) is 2.93. The Morgan fingerprint density at radius 3 is 2.58 bits per heavy atom. The summed E-state index contributed by atoms with van der Waals surface area (Å²) in [5.41, 5.74) is -0.508. The van der Waals surface area contributed by atoms with Crippen molar-refractivity contribution in [3.63, 3.8) is 0 Å². The Hall–Kier alpha value is -1.30. The number of carbonyl (C=O) groups excluding carboxylic acids is 1. The molecule has 0 radical (unpaired) electrons. The van der Waals surface area contributed by atoms with Crippen LogP contribution in [0.5, 0.6) is 0 Å². The average molecular weight is 272 g/mol. The van der Waals surface area contributed by atoms with Crippen molar-refractivity contribution in [2.24, 2.45) is 0 Å². The molecule has 1 aliphatic rings. The molecule has 0 aliphatic carbocycles. The van der Waals surface area contributed by atoms with Crippen LogP contribution in [-0.2, 0) is 9.53 Å². The largest absolute Gasteiger partial charge is 0.480 e. The molecule has 1 aliphatic heterocycles. The highest BCUT2D eigenvalue weighted by Crippen LogP contribution is 2.15. The van der Waals surface area contributed by atoms with E-state index in [2.05, 4.69) is 5.32 Å². The molecule has 1 amide bonds. The van der Waals surface area contributed by atoms with Gasteiger partial charge in [0.05, 0.1) is 0 Å². The number of likely N-dealkylation sites (tertiary alicyclic amines) is 1. The van der Waals surface area contributed by atoms with Crippen LogP contribution in [0.3, 0.4) is 0 Å². The van der Waals surface area contributed by atoms with Gasteiger partial charge in [0.15, 0.2) is 0 Å². The third-order valence-corrected chi connectivity index (χ3v) is 2.93. The monoisotopic (exact) mass is 272 g/mol. The second-order valence-electron chi connectivity index (χ2n) is 5.99. The fraction of sp³-hybridized carbons (Fsp3) is 0.846. The van der Waals surface area contributed by atoms with Crippen molar-refractivity contribution in [3.8, 4) is 0 Å². The zero-order valence-corrected chi connectivity index (χ0v) is 12.1. The number of nitrogens with one attached hydrogen (secondary N) is 1. The highest BCUT2D eigenvalue weighted by Gasteiger charge is 2.28. The number of hydrogen-bond acceptors (Lipinski definition) is 4. The minimum atomic E-state index is -0.880. The summed E-state index contributed by atoms with van der Waals surface area (Å²) >= 11 is 0. The van der Waals surface area contributed by atoms with Gasteiger partial charge in [-0.25, -0.2) is 4.79 Å². The smallest absolute Gasteiger partial charge is 0.410 e. The summed E-state index contributed by atoms with van der Waals surface area (Å²) in [6.45, 7) is 8.25. The molecule has 2 unspecified atom stereocenters. The maximum atomic E-state index is 11.9. The van der Waals surface area contributed by atoms with E-state index in [9.17, 15) is 9.59 Å². The molecule has 1 saturated heterocycles. The number of ether oxygens (including phenoxy) is 1. The first-order valence-electron chi connectivity index (χ1n) is 6.66. The van der Waals surface area contributed by atoms with Crippen LogP contribution in [0.4, 0.5) is 4.79 Å². The van der Waals surface area contributed by atoms with Gasteiger partial charge in [-0.1, -0.05) is 0 Å². The van der Waals surface area contributed by atoms with E-state index in [1.54, 1.807) is 11.8 Å². The molecule has 0 saturated carbocycles. The lowest BCUT2D eigenvalue weighted by Gasteiger charge is -2.35. The molecule has 0 aromatic carbocycles. The molecule has 0 bridgehead atoms. The Labute approximate surface area is 114 Å². The van der Waals surface area contributed by atoms with Crippen LogP contribution < -0.4 is 5.32 Å². The van der Waals surface area contributed by atoms with Crippen molar-refractivity contribution in [3.05, 3.63) is 0 Å². The molecule has 2 N–H and O–H groups in total. The summed E-state index contributed by atoms with van der Waals surface area (Å²) < 4.78 is 5.32. The van der Waals surface area contributed by atoms with E-state index in [-0.39, 0.29) is 12.1 Å². The number of rotatable bonds is 3. The number of amides is 1. The van der Waals surface area contributed by atoms with Crippen LogP contribution in [0.1, 0.15) is 40.5 Å². The van der Waals surface area contributed by atoms with Crippen molar-refractivity contribution in [1.29, 1.82) is 0 Å². The number of carboxylic acids is 1. The Morgan fingerprint density at radius 1 is 1.42 bits per heavy atom. The lowest BCUT2D eigenvalue weighted by atomic mass is 10.1. The Kier molecular flexibility index (Phi) is 5.17. The second kappa shape index (κ2) is 6.23. The highest BCUT2D eigenvalue weighted by molar-refractivity contribution is 5.73. The molecule has 1 heterocycles. The number of aliphatic carboxylic acids is 1. The molecule has 110 valence electrons. The van der Waals surface area contributed by atoms with Crippen molar-refractivity contribution >= 4 is 12.1 Å². The van der Waals surface area contributed by atoms with Gasteiger partial charge in [0.25, 0.3) is 0 Å². The molecule has 1 fully saturated rings. The maximum absolute atomic E-state index is 11.9. The second-order valence-corrected chi connectivity index (χ2v) is 5.99. The molecular formula is C13H24N2O4. The van der Waals surface area contributed by atoms with Crippen LogP contribution in [-0.4, -0.2) is 52.8 Å². The fourth-order valence-electron chi connectivity index (χ4n) is 2.03. The predicted octanol–water partition coefficient (Wildman–Crippen LogP) is 1.45.